The summed E-state index contributed by atoms with van der Waals surface area (Å²) in [5.41, 5.74) is 2.72. The first-order valence-electron chi connectivity index (χ1n) is 7.79. The predicted octanol–water partition coefficient (Wildman–Crippen LogP) is 2.58. The molecule has 0 amide bonds. The molecular formula is C18H21N5O. The van der Waals surface area contributed by atoms with Crippen LogP contribution in [0, 0.1) is 0 Å². The molecule has 6 heteroatoms. The van der Waals surface area contributed by atoms with E-state index in [4.69, 9.17) is 4.74 Å². The molecule has 24 heavy (non-hydrogen) atoms. The van der Waals surface area contributed by atoms with Crippen LogP contribution in [0.15, 0.2) is 49.2 Å². The number of hydrogen-bond acceptors (Lipinski definition) is 5. The smallest absolute Gasteiger partial charge is 0.139 e. The van der Waals surface area contributed by atoms with Gasteiger partial charge in [0.1, 0.15) is 11.6 Å². The number of nitrogens with zero attached hydrogens (tertiary/aromatic N) is 5. The lowest BCUT2D eigenvalue weighted by Gasteiger charge is -2.14. The van der Waals surface area contributed by atoms with Crippen LogP contribution in [0.1, 0.15) is 0 Å². The van der Waals surface area contributed by atoms with Gasteiger partial charge in [0, 0.05) is 49.0 Å². The lowest BCUT2D eigenvalue weighted by molar-refractivity contribution is 0.385. The monoisotopic (exact) mass is 323 g/mol. The average Bonchev–Trinajstić information content (AvgIpc) is 3.08. The second-order valence-corrected chi connectivity index (χ2v) is 5.75. The fraction of sp³-hybridized carbons (Fsp3) is 0.278. The van der Waals surface area contributed by atoms with Crippen LogP contribution in [0.25, 0.3) is 22.6 Å². The van der Waals surface area contributed by atoms with Crippen LogP contribution in [0.3, 0.4) is 0 Å². The van der Waals surface area contributed by atoms with Crippen molar-refractivity contribution >= 4 is 0 Å². The third-order valence-electron chi connectivity index (χ3n) is 3.80. The van der Waals surface area contributed by atoms with Gasteiger partial charge in [0.25, 0.3) is 0 Å². The molecule has 0 aliphatic carbocycles. The first-order valence-corrected chi connectivity index (χ1v) is 7.79. The van der Waals surface area contributed by atoms with Crippen LogP contribution in [0.4, 0.5) is 0 Å². The number of aromatic nitrogens is 4. The van der Waals surface area contributed by atoms with Crippen LogP contribution in [-0.2, 0) is 6.54 Å². The molecule has 0 unspecified atom stereocenters. The summed E-state index contributed by atoms with van der Waals surface area (Å²) in [4.78, 5) is 15.2. The highest BCUT2D eigenvalue weighted by Gasteiger charge is 2.12. The lowest BCUT2D eigenvalue weighted by atomic mass is 10.1. The van der Waals surface area contributed by atoms with Crippen LogP contribution >= 0.6 is 0 Å². The Hall–Kier alpha value is -2.73. The highest BCUT2D eigenvalue weighted by atomic mass is 16.5. The number of ether oxygens (including phenoxy) is 1. The van der Waals surface area contributed by atoms with E-state index in [9.17, 15) is 0 Å². The maximum atomic E-state index is 5.48. The molecule has 2 aromatic heterocycles. The molecule has 0 fully saturated rings. The molecule has 6 nitrogen and oxygen atoms in total. The van der Waals surface area contributed by atoms with E-state index in [0.717, 1.165) is 41.5 Å². The summed E-state index contributed by atoms with van der Waals surface area (Å²) in [7, 11) is 5.79. The molecule has 0 saturated heterocycles. The van der Waals surface area contributed by atoms with E-state index in [1.54, 1.807) is 25.7 Å². The second kappa shape index (κ2) is 7.23. The predicted molar refractivity (Wildman–Crippen MR) is 93.8 cm³/mol. The van der Waals surface area contributed by atoms with Crippen molar-refractivity contribution in [3.8, 4) is 28.4 Å². The average molecular weight is 323 g/mol. The normalized spacial score (nSPS) is 11.0. The van der Waals surface area contributed by atoms with Crippen molar-refractivity contribution in [3.05, 3.63) is 49.2 Å². The fourth-order valence-electron chi connectivity index (χ4n) is 2.54. The molecule has 0 aliphatic heterocycles. The van der Waals surface area contributed by atoms with E-state index in [-0.39, 0.29) is 0 Å². The maximum absolute atomic E-state index is 5.48. The van der Waals surface area contributed by atoms with Crippen LogP contribution in [-0.4, -0.2) is 52.2 Å². The minimum Gasteiger partial charge on any atom is -0.496 e. The molecule has 0 N–H and O–H groups in total. The number of rotatable bonds is 6. The van der Waals surface area contributed by atoms with Crippen LogP contribution in [0.2, 0.25) is 0 Å². The second-order valence-electron chi connectivity index (χ2n) is 5.75. The van der Waals surface area contributed by atoms with Crippen LogP contribution < -0.4 is 4.74 Å². The van der Waals surface area contributed by atoms with Gasteiger partial charge in [-0.1, -0.05) is 0 Å². The molecule has 3 rings (SSSR count). The topological polar surface area (TPSA) is 56.1 Å². The van der Waals surface area contributed by atoms with Gasteiger partial charge in [-0.25, -0.2) is 4.98 Å². The molecule has 3 aromatic rings. The number of methoxy groups -OCH3 is 1. The molecule has 0 saturated carbocycles. The number of likely N-dealkylation sites (N-methyl/N-ethyl adjacent to an activating group) is 1. The molecule has 0 atom stereocenters. The summed E-state index contributed by atoms with van der Waals surface area (Å²) in [5, 5.41) is 0. The van der Waals surface area contributed by atoms with Crippen LogP contribution in [0.5, 0.6) is 5.75 Å². The first-order chi connectivity index (χ1) is 11.7. The van der Waals surface area contributed by atoms with Gasteiger partial charge in [0.05, 0.1) is 19.0 Å². The Morgan fingerprint density at radius 2 is 2.00 bits per heavy atom. The van der Waals surface area contributed by atoms with Crippen molar-refractivity contribution in [3.63, 3.8) is 0 Å². The largest absolute Gasteiger partial charge is 0.496 e. The Morgan fingerprint density at radius 1 is 1.12 bits per heavy atom. The maximum Gasteiger partial charge on any atom is 0.139 e. The zero-order chi connectivity index (χ0) is 16.9. The molecule has 0 bridgehead atoms. The number of benzene rings is 1. The van der Waals surface area contributed by atoms with Gasteiger partial charge in [0.2, 0.25) is 0 Å². The molecule has 124 valence electrons. The van der Waals surface area contributed by atoms with Gasteiger partial charge >= 0.3 is 0 Å². The van der Waals surface area contributed by atoms with Gasteiger partial charge < -0.3 is 14.2 Å². The molecule has 0 spiro atoms. The summed E-state index contributed by atoms with van der Waals surface area (Å²) < 4.78 is 7.63. The zero-order valence-corrected chi connectivity index (χ0v) is 14.2. The third-order valence-corrected chi connectivity index (χ3v) is 3.80. The summed E-state index contributed by atoms with van der Waals surface area (Å²) in [6.45, 7) is 1.84. The molecule has 1 aromatic carbocycles. The molecule has 0 aliphatic rings. The van der Waals surface area contributed by atoms with Gasteiger partial charge in [-0.15, -0.1) is 0 Å². The Balaban J connectivity index is 2.00. The van der Waals surface area contributed by atoms with Crippen molar-refractivity contribution in [2.45, 2.75) is 6.54 Å². The van der Waals surface area contributed by atoms with Crippen molar-refractivity contribution in [1.82, 2.24) is 24.4 Å². The van der Waals surface area contributed by atoms with E-state index in [1.165, 1.54) is 0 Å². The summed E-state index contributed by atoms with van der Waals surface area (Å²) >= 11 is 0. The van der Waals surface area contributed by atoms with Gasteiger partial charge in [-0.2, -0.15) is 0 Å². The fourth-order valence-corrected chi connectivity index (χ4v) is 2.54. The Labute approximate surface area is 141 Å². The summed E-state index contributed by atoms with van der Waals surface area (Å²) in [6, 6.07) is 6.02. The van der Waals surface area contributed by atoms with Crippen molar-refractivity contribution < 1.29 is 4.74 Å². The van der Waals surface area contributed by atoms with E-state index in [1.807, 2.05) is 24.5 Å². The zero-order valence-electron chi connectivity index (χ0n) is 14.2. The van der Waals surface area contributed by atoms with E-state index < -0.39 is 0 Å². The number of imidazole rings is 1. The molecular weight excluding hydrogens is 302 g/mol. The van der Waals surface area contributed by atoms with Crippen molar-refractivity contribution in [1.29, 1.82) is 0 Å². The summed E-state index contributed by atoms with van der Waals surface area (Å²) in [5.74, 6) is 1.70. The molecule has 0 radical (unpaired) electrons. The van der Waals surface area contributed by atoms with E-state index in [0.29, 0.717) is 0 Å². The highest BCUT2D eigenvalue weighted by molar-refractivity contribution is 5.73. The Bertz CT molecular complexity index is 798. The van der Waals surface area contributed by atoms with Gasteiger partial charge in [-0.3, -0.25) is 9.97 Å². The quantitative estimate of drug-likeness (QED) is 0.698. The highest BCUT2D eigenvalue weighted by Crippen LogP contribution is 2.32. The third kappa shape index (κ3) is 3.44. The SMILES string of the molecule is COc1ccc(-c2nccn2CCN(C)C)cc1-c1cnccn1. The van der Waals surface area contributed by atoms with Crippen molar-refractivity contribution in [2.75, 3.05) is 27.7 Å². The standard InChI is InChI=1S/C18H21N5O/c1-22(2)10-11-23-9-8-21-18(23)14-4-5-17(24-3)15(12-14)16-13-19-6-7-20-16/h4-9,12-13H,10-11H2,1-3H3. The van der Waals surface area contributed by atoms with Crippen molar-refractivity contribution in [2.24, 2.45) is 0 Å². The Morgan fingerprint density at radius 3 is 2.71 bits per heavy atom. The van der Waals surface area contributed by atoms with E-state index >= 15 is 0 Å². The van der Waals surface area contributed by atoms with Gasteiger partial charge in [0.15, 0.2) is 0 Å². The minimum absolute atomic E-state index is 0.769. The lowest BCUT2D eigenvalue weighted by Crippen LogP contribution is -2.18. The minimum atomic E-state index is 0.769. The first kappa shape index (κ1) is 16.1. The van der Waals surface area contributed by atoms with Gasteiger partial charge in [-0.05, 0) is 32.3 Å². The number of hydrogen-bond donors (Lipinski definition) is 0. The molecule has 2 heterocycles. The van der Waals surface area contributed by atoms with E-state index in [2.05, 4.69) is 44.6 Å². The summed E-state index contributed by atoms with van der Waals surface area (Å²) in [6.07, 6.45) is 8.91. The Kier molecular flexibility index (Phi) is 4.86.